The topological polar surface area (TPSA) is 46.6 Å². The monoisotopic (exact) mass is 247 g/mol. The molecule has 0 N–H and O–H groups in total. The lowest BCUT2D eigenvalue weighted by atomic mass is 10.2. The summed E-state index contributed by atoms with van der Waals surface area (Å²) in [7, 11) is 0. The van der Waals surface area contributed by atoms with Gasteiger partial charge in [0.25, 0.3) is 0 Å². The molecule has 4 nitrogen and oxygen atoms in total. The number of rotatable bonds is 4. The summed E-state index contributed by atoms with van der Waals surface area (Å²) >= 11 is 0. The van der Waals surface area contributed by atoms with Crippen molar-refractivity contribution in [3.63, 3.8) is 0 Å². The summed E-state index contributed by atoms with van der Waals surface area (Å²) in [6, 6.07) is 9.60. The van der Waals surface area contributed by atoms with Gasteiger partial charge in [-0.15, -0.1) is 0 Å². The Kier molecular flexibility index (Phi) is 4.34. The van der Waals surface area contributed by atoms with Gasteiger partial charge in [0.15, 0.2) is 0 Å². The number of carbonyl (C=O) groups excluding carboxylic acids is 2. The van der Waals surface area contributed by atoms with E-state index in [0.29, 0.717) is 13.0 Å². The van der Waals surface area contributed by atoms with Crippen LogP contribution in [0.3, 0.4) is 0 Å². The molecule has 0 spiro atoms. The van der Waals surface area contributed by atoms with E-state index in [4.69, 9.17) is 4.74 Å². The molecule has 1 aliphatic rings. The van der Waals surface area contributed by atoms with Gasteiger partial charge in [0.05, 0.1) is 0 Å². The second-order valence-corrected chi connectivity index (χ2v) is 4.43. The highest BCUT2D eigenvalue weighted by Crippen LogP contribution is 2.20. The van der Waals surface area contributed by atoms with E-state index in [-0.39, 0.29) is 18.7 Å². The molecule has 0 unspecified atom stereocenters. The third-order valence-corrected chi connectivity index (χ3v) is 3.19. The standard InChI is InChI=1S/C14H17NO3/c16-10-8-13-7-4-9-15(13)14(17)18-11-12-5-2-1-3-6-12/h1-3,5-6,10,13H,4,7-9,11H2/t13-/m1/s1. The highest BCUT2D eigenvalue weighted by molar-refractivity contribution is 5.69. The first kappa shape index (κ1) is 12.6. The summed E-state index contributed by atoms with van der Waals surface area (Å²) in [5.41, 5.74) is 0.969. The Morgan fingerprint density at radius 1 is 1.39 bits per heavy atom. The van der Waals surface area contributed by atoms with Crippen LogP contribution in [0.4, 0.5) is 4.79 Å². The minimum atomic E-state index is -0.316. The number of hydrogen-bond acceptors (Lipinski definition) is 3. The van der Waals surface area contributed by atoms with Gasteiger partial charge in [0, 0.05) is 19.0 Å². The number of hydrogen-bond donors (Lipinski definition) is 0. The van der Waals surface area contributed by atoms with Crippen LogP contribution < -0.4 is 0 Å². The van der Waals surface area contributed by atoms with Crippen LogP contribution in [0.5, 0.6) is 0 Å². The van der Waals surface area contributed by atoms with Crippen LogP contribution in [0.15, 0.2) is 30.3 Å². The third kappa shape index (κ3) is 3.09. The molecule has 1 aromatic carbocycles. The van der Waals surface area contributed by atoms with Gasteiger partial charge >= 0.3 is 6.09 Å². The third-order valence-electron chi connectivity index (χ3n) is 3.19. The van der Waals surface area contributed by atoms with Gasteiger partial charge < -0.3 is 14.4 Å². The van der Waals surface area contributed by atoms with Crippen LogP contribution in [-0.2, 0) is 16.1 Å². The Morgan fingerprint density at radius 2 is 2.17 bits per heavy atom. The molecule has 1 saturated heterocycles. The predicted octanol–water partition coefficient (Wildman–Crippen LogP) is 2.38. The number of aldehydes is 1. The van der Waals surface area contributed by atoms with Crippen LogP contribution in [0.1, 0.15) is 24.8 Å². The molecule has 0 saturated carbocycles. The number of amides is 1. The van der Waals surface area contributed by atoms with Gasteiger partial charge in [-0.3, -0.25) is 0 Å². The molecule has 1 fully saturated rings. The van der Waals surface area contributed by atoms with E-state index >= 15 is 0 Å². The first-order chi connectivity index (χ1) is 8.81. The lowest BCUT2D eigenvalue weighted by Crippen LogP contribution is -2.36. The summed E-state index contributed by atoms with van der Waals surface area (Å²) in [6.45, 7) is 0.968. The van der Waals surface area contributed by atoms with E-state index < -0.39 is 0 Å². The van der Waals surface area contributed by atoms with Crippen molar-refractivity contribution in [3.05, 3.63) is 35.9 Å². The van der Waals surface area contributed by atoms with E-state index in [1.54, 1.807) is 4.90 Å². The Labute approximate surface area is 107 Å². The van der Waals surface area contributed by atoms with E-state index in [9.17, 15) is 9.59 Å². The summed E-state index contributed by atoms with van der Waals surface area (Å²) in [5, 5.41) is 0. The molecule has 0 aliphatic carbocycles. The maximum atomic E-state index is 11.9. The summed E-state index contributed by atoms with van der Waals surface area (Å²) in [6.07, 6.45) is 2.79. The van der Waals surface area contributed by atoms with Gasteiger partial charge in [-0.25, -0.2) is 4.79 Å². The molecule has 2 rings (SSSR count). The average molecular weight is 247 g/mol. The van der Waals surface area contributed by atoms with Crippen LogP contribution in [-0.4, -0.2) is 29.9 Å². The second-order valence-electron chi connectivity index (χ2n) is 4.43. The fourth-order valence-electron chi connectivity index (χ4n) is 2.23. The molecule has 4 heteroatoms. The summed E-state index contributed by atoms with van der Waals surface area (Å²) in [5.74, 6) is 0. The van der Waals surface area contributed by atoms with Crippen molar-refractivity contribution < 1.29 is 14.3 Å². The maximum Gasteiger partial charge on any atom is 0.410 e. The van der Waals surface area contributed by atoms with Crippen LogP contribution in [0.25, 0.3) is 0 Å². The first-order valence-corrected chi connectivity index (χ1v) is 6.22. The molecule has 0 radical (unpaired) electrons. The lowest BCUT2D eigenvalue weighted by molar-refractivity contribution is -0.108. The lowest BCUT2D eigenvalue weighted by Gasteiger charge is -2.22. The van der Waals surface area contributed by atoms with Crippen molar-refractivity contribution in [3.8, 4) is 0 Å². The van der Waals surface area contributed by atoms with E-state index in [2.05, 4.69) is 0 Å². The molecule has 1 aliphatic heterocycles. The minimum Gasteiger partial charge on any atom is -0.445 e. The number of nitrogens with zero attached hydrogens (tertiary/aromatic N) is 1. The van der Waals surface area contributed by atoms with Crippen molar-refractivity contribution in [2.45, 2.75) is 31.9 Å². The van der Waals surface area contributed by atoms with Crippen LogP contribution in [0, 0.1) is 0 Å². The fourth-order valence-corrected chi connectivity index (χ4v) is 2.23. The molecule has 1 atom stereocenters. The molecule has 0 aromatic heterocycles. The highest BCUT2D eigenvalue weighted by atomic mass is 16.6. The fraction of sp³-hybridized carbons (Fsp3) is 0.429. The molecule has 0 bridgehead atoms. The zero-order chi connectivity index (χ0) is 12.8. The van der Waals surface area contributed by atoms with E-state index in [0.717, 1.165) is 24.7 Å². The zero-order valence-electron chi connectivity index (χ0n) is 10.2. The van der Waals surface area contributed by atoms with Gasteiger partial charge in [0.2, 0.25) is 0 Å². The molecule has 1 amide bonds. The number of ether oxygens (including phenoxy) is 1. The molecular formula is C14H17NO3. The number of likely N-dealkylation sites (tertiary alicyclic amines) is 1. The van der Waals surface area contributed by atoms with Crippen LogP contribution >= 0.6 is 0 Å². The second kappa shape index (κ2) is 6.19. The number of benzene rings is 1. The van der Waals surface area contributed by atoms with E-state index in [1.807, 2.05) is 30.3 Å². The normalized spacial score (nSPS) is 18.7. The molecule has 96 valence electrons. The van der Waals surface area contributed by atoms with Crippen molar-refractivity contribution in [2.75, 3.05) is 6.54 Å². The van der Waals surface area contributed by atoms with Gasteiger partial charge in [-0.05, 0) is 18.4 Å². The highest BCUT2D eigenvalue weighted by Gasteiger charge is 2.29. The van der Waals surface area contributed by atoms with Crippen LogP contribution in [0.2, 0.25) is 0 Å². The van der Waals surface area contributed by atoms with Crippen molar-refractivity contribution in [1.29, 1.82) is 0 Å². The minimum absolute atomic E-state index is 0.0192. The van der Waals surface area contributed by atoms with Gasteiger partial charge in [0.1, 0.15) is 12.9 Å². The Bertz CT molecular complexity index is 405. The Balaban J connectivity index is 1.86. The Hall–Kier alpha value is -1.84. The molecule has 18 heavy (non-hydrogen) atoms. The smallest absolute Gasteiger partial charge is 0.410 e. The van der Waals surface area contributed by atoms with Gasteiger partial charge in [-0.2, -0.15) is 0 Å². The Morgan fingerprint density at radius 3 is 2.89 bits per heavy atom. The molecular weight excluding hydrogens is 230 g/mol. The molecule has 1 heterocycles. The van der Waals surface area contributed by atoms with Crippen molar-refractivity contribution in [1.82, 2.24) is 4.90 Å². The molecule has 1 aromatic rings. The predicted molar refractivity (Wildman–Crippen MR) is 67.0 cm³/mol. The van der Waals surface area contributed by atoms with Gasteiger partial charge in [-0.1, -0.05) is 30.3 Å². The zero-order valence-corrected chi connectivity index (χ0v) is 10.2. The number of carbonyl (C=O) groups is 2. The quantitative estimate of drug-likeness (QED) is 0.767. The first-order valence-electron chi connectivity index (χ1n) is 6.22. The van der Waals surface area contributed by atoms with Crippen molar-refractivity contribution >= 4 is 12.4 Å². The maximum absolute atomic E-state index is 11.9. The summed E-state index contributed by atoms with van der Waals surface area (Å²) in [4.78, 5) is 24.1. The SMILES string of the molecule is O=CC[C@H]1CCCN1C(=O)OCc1ccccc1. The van der Waals surface area contributed by atoms with Crippen molar-refractivity contribution in [2.24, 2.45) is 0 Å². The van der Waals surface area contributed by atoms with E-state index in [1.165, 1.54) is 0 Å². The largest absolute Gasteiger partial charge is 0.445 e. The summed E-state index contributed by atoms with van der Waals surface area (Å²) < 4.78 is 5.26. The average Bonchev–Trinajstić information content (AvgIpc) is 2.86.